The Kier molecular flexibility index (Phi) is 7.56. The molecule has 0 aliphatic carbocycles. The van der Waals surface area contributed by atoms with E-state index in [2.05, 4.69) is 37.1 Å². The molecule has 1 fully saturated rings. The van der Waals surface area contributed by atoms with Gasteiger partial charge in [0.25, 0.3) is 0 Å². The van der Waals surface area contributed by atoms with Gasteiger partial charge in [0.2, 0.25) is 5.91 Å². The molecule has 178 valence electrons. The molecule has 1 aliphatic rings. The highest BCUT2D eigenvalue weighted by atomic mass is 32.2. The molecule has 5 rings (SSSR count). The Bertz CT molecular complexity index is 1250. The molecule has 0 spiro atoms. The zero-order chi connectivity index (χ0) is 23.9. The van der Waals surface area contributed by atoms with E-state index in [4.69, 9.17) is 0 Å². The topological polar surface area (TPSA) is 63.1 Å². The number of nitrogens with one attached hydrogen (secondary N) is 1. The number of amides is 1. The van der Waals surface area contributed by atoms with Gasteiger partial charge in [0.05, 0.1) is 12.3 Å². The van der Waals surface area contributed by atoms with Crippen LogP contribution in [0.25, 0.3) is 16.8 Å². The number of aromatic nitrogens is 3. The molecular formula is C28H29N5OS. The molecule has 4 aromatic rings. The average Bonchev–Trinajstić information content (AvgIpc) is 3.31. The lowest BCUT2D eigenvalue weighted by molar-refractivity contribution is -0.113. The number of nitrogens with zero attached hydrogens (tertiary/aromatic N) is 4. The third kappa shape index (κ3) is 5.81. The number of carbonyl (C=O) groups is 1. The minimum Gasteiger partial charge on any atom is -0.325 e. The first-order chi connectivity index (χ1) is 17.3. The Morgan fingerprint density at radius 3 is 2.29 bits per heavy atom. The van der Waals surface area contributed by atoms with Gasteiger partial charge in [-0.05, 0) is 49.7 Å². The van der Waals surface area contributed by atoms with Crippen LogP contribution < -0.4 is 5.32 Å². The summed E-state index contributed by atoms with van der Waals surface area (Å²) in [5, 5.41) is 12.8. The van der Waals surface area contributed by atoms with Crippen LogP contribution in [-0.4, -0.2) is 44.4 Å². The zero-order valence-electron chi connectivity index (χ0n) is 19.6. The van der Waals surface area contributed by atoms with E-state index in [1.54, 1.807) is 0 Å². The normalized spacial score (nSPS) is 14.1. The van der Waals surface area contributed by atoms with Crippen LogP contribution in [0.4, 0.5) is 5.69 Å². The maximum Gasteiger partial charge on any atom is 0.234 e. The number of para-hydroxylation sites is 2. The van der Waals surface area contributed by atoms with Crippen LogP contribution in [-0.2, 0) is 11.3 Å². The molecule has 1 N–H and O–H groups in total. The van der Waals surface area contributed by atoms with Crippen molar-refractivity contribution in [2.45, 2.75) is 31.0 Å². The molecule has 7 heteroatoms. The van der Waals surface area contributed by atoms with Gasteiger partial charge in [0, 0.05) is 16.9 Å². The van der Waals surface area contributed by atoms with Crippen molar-refractivity contribution >= 4 is 23.4 Å². The van der Waals surface area contributed by atoms with Crippen LogP contribution in [0.5, 0.6) is 0 Å². The van der Waals surface area contributed by atoms with E-state index in [1.807, 2.05) is 72.8 Å². The molecule has 0 saturated carbocycles. The molecule has 3 aromatic carbocycles. The van der Waals surface area contributed by atoms with Crippen LogP contribution in [0.1, 0.15) is 25.1 Å². The maximum atomic E-state index is 12.9. The Labute approximate surface area is 210 Å². The highest BCUT2D eigenvalue weighted by molar-refractivity contribution is 7.99. The molecular weight excluding hydrogens is 454 g/mol. The van der Waals surface area contributed by atoms with E-state index < -0.39 is 0 Å². The van der Waals surface area contributed by atoms with E-state index in [0.717, 1.165) is 53.1 Å². The number of anilines is 1. The van der Waals surface area contributed by atoms with Crippen molar-refractivity contribution in [3.05, 3.63) is 90.8 Å². The summed E-state index contributed by atoms with van der Waals surface area (Å²) < 4.78 is 2.09. The third-order valence-corrected chi connectivity index (χ3v) is 7.08. The number of likely N-dealkylation sites (tertiary alicyclic amines) is 1. The van der Waals surface area contributed by atoms with E-state index >= 15 is 0 Å². The first-order valence-electron chi connectivity index (χ1n) is 12.1. The largest absolute Gasteiger partial charge is 0.325 e. The summed E-state index contributed by atoms with van der Waals surface area (Å²) in [4.78, 5) is 15.4. The zero-order valence-corrected chi connectivity index (χ0v) is 20.5. The molecule has 0 atom stereocenters. The second-order valence-electron chi connectivity index (χ2n) is 8.66. The number of carbonyl (C=O) groups excluding carboxylic acids is 1. The quantitative estimate of drug-likeness (QED) is 0.328. The van der Waals surface area contributed by atoms with Crippen molar-refractivity contribution in [2.75, 3.05) is 24.2 Å². The van der Waals surface area contributed by atoms with Crippen LogP contribution in [0, 0.1) is 0 Å². The lowest BCUT2D eigenvalue weighted by atomic mass is 10.0. The minimum absolute atomic E-state index is 0.0708. The fourth-order valence-electron chi connectivity index (χ4n) is 4.43. The highest BCUT2D eigenvalue weighted by Crippen LogP contribution is 2.28. The molecule has 1 aliphatic heterocycles. The average molecular weight is 484 g/mol. The van der Waals surface area contributed by atoms with Gasteiger partial charge in [-0.2, -0.15) is 0 Å². The molecule has 1 saturated heterocycles. The van der Waals surface area contributed by atoms with Crippen LogP contribution in [0.15, 0.2) is 90.1 Å². The third-order valence-electron chi connectivity index (χ3n) is 6.15. The minimum atomic E-state index is -0.0708. The van der Waals surface area contributed by atoms with Crippen LogP contribution in [0.2, 0.25) is 0 Å². The first kappa shape index (κ1) is 23.3. The molecule has 35 heavy (non-hydrogen) atoms. The highest BCUT2D eigenvalue weighted by Gasteiger charge is 2.19. The van der Waals surface area contributed by atoms with E-state index in [0.29, 0.717) is 0 Å². The molecule has 1 amide bonds. The molecule has 2 heterocycles. The maximum absolute atomic E-state index is 12.9. The Morgan fingerprint density at radius 2 is 1.51 bits per heavy atom. The van der Waals surface area contributed by atoms with Crippen molar-refractivity contribution in [3.8, 4) is 16.8 Å². The fraction of sp³-hybridized carbons (Fsp3) is 0.250. The van der Waals surface area contributed by atoms with Gasteiger partial charge in [0.1, 0.15) is 0 Å². The number of thioether (sulfide) groups is 1. The summed E-state index contributed by atoms with van der Waals surface area (Å²) in [6, 6.07) is 28.1. The summed E-state index contributed by atoms with van der Waals surface area (Å²) in [5.74, 6) is 1.09. The predicted octanol–water partition coefficient (Wildman–Crippen LogP) is 5.65. The number of piperidine rings is 1. The van der Waals surface area contributed by atoms with Gasteiger partial charge in [0.15, 0.2) is 11.0 Å². The Hall–Kier alpha value is -3.42. The smallest absolute Gasteiger partial charge is 0.234 e. The first-order valence-corrected chi connectivity index (χ1v) is 13.1. The SMILES string of the molecule is O=C(CSc1nnc(CN2CCCCC2)n1-c1ccccc1)Nc1ccccc1-c1ccccc1. The number of hydrogen-bond acceptors (Lipinski definition) is 5. The summed E-state index contributed by atoms with van der Waals surface area (Å²) in [6.07, 6.45) is 3.75. The summed E-state index contributed by atoms with van der Waals surface area (Å²) in [5.41, 5.74) is 3.89. The number of benzene rings is 3. The van der Waals surface area contributed by atoms with E-state index in [1.165, 1.54) is 31.0 Å². The van der Waals surface area contributed by atoms with Gasteiger partial charge in [-0.3, -0.25) is 14.3 Å². The van der Waals surface area contributed by atoms with Crippen molar-refractivity contribution in [1.29, 1.82) is 0 Å². The van der Waals surface area contributed by atoms with Crippen molar-refractivity contribution in [3.63, 3.8) is 0 Å². The standard InChI is InChI=1S/C28H29N5OS/c34-27(29-25-17-9-8-16-24(25)22-12-4-1-5-13-22)21-35-28-31-30-26(20-32-18-10-3-11-19-32)33(28)23-14-6-2-7-15-23/h1-2,4-9,12-17H,3,10-11,18-21H2,(H,29,34). The van der Waals surface area contributed by atoms with Gasteiger partial charge in [-0.1, -0.05) is 84.9 Å². The van der Waals surface area contributed by atoms with Gasteiger partial charge in [-0.15, -0.1) is 10.2 Å². The predicted molar refractivity (Wildman–Crippen MR) is 142 cm³/mol. The Morgan fingerprint density at radius 1 is 0.829 bits per heavy atom. The monoisotopic (exact) mass is 483 g/mol. The number of hydrogen-bond donors (Lipinski definition) is 1. The second kappa shape index (κ2) is 11.3. The van der Waals surface area contributed by atoms with Crippen molar-refractivity contribution < 1.29 is 4.79 Å². The van der Waals surface area contributed by atoms with E-state index in [-0.39, 0.29) is 11.7 Å². The molecule has 0 unspecified atom stereocenters. The van der Waals surface area contributed by atoms with Gasteiger partial charge in [-0.25, -0.2) is 0 Å². The van der Waals surface area contributed by atoms with Crippen LogP contribution in [0.3, 0.4) is 0 Å². The fourth-order valence-corrected chi connectivity index (χ4v) is 5.20. The molecule has 0 bridgehead atoms. The summed E-state index contributed by atoms with van der Waals surface area (Å²) >= 11 is 1.41. The van der Waals surface area contributed by atoms with Gasteiger partial charge >= 0.3 is 0 Å². The lowest BCUT2D eigenvalue weighted by Gasteiger charge is -2.26. The summed E-state index contributed by atoms with van der Waals surface area (Å²) in [6.45, 7) is 2.94. The summed E-state index contributed by atoms with van der Waals surface area (Å²) in [7, 11) is 0. The molecule has 6 nitrogen and oxygen atoms in total. The van der Waals surface area contributed by atoms with Crippen LogP contribution >= 0.6 is 11.8 Å². The van der Waals surface area contributed by atoms with E-state index in [9.17, 15) is 4.79 Å². The number of rotatable bonds is 8. The lowest BCUT2D eigenvalue weighted by Crippen LogP contribution is -2.30. The van der Waals surface area contributed by atoms with Gasteiger partial charge < -0.3 is 5.32 Å². The second-order valence-corrected chi connectivity index (χ2v) is 9.60. The van der Waals surface area contributed by atoms with Crippen molar-refractivity contribution in [2.24, 2.45) is 0 Å². The molecule has 1 aromatic heterocycles. The molecule has 0 radical (unpaired) electrons. The van der Waals surface area contributed by atoms with Crippen molar-refractivity contribution in [1.82, 2.24) is 19.7 Å². The Balaban J connectivity index is 1.31.